The first-order valence-electron chi connectivity index (χ1n) is 9.29. The lowest BCUT2D eigenvalue weighted by atomic mass is 10.0. The molecule has 0 aliphatic heterocycles. The van der Waals surface area contributed by atoms with Crippen molar-refractivity contribution in [1.82, 2.24) is 9.97 Å². The van der Waals surface area contributed by atoms with E-state index in [1.165, 1.54) is 12.1 Å². The number of aromatic nitrogens is 2. The molecule has 0 bridgehead atoms. The third-order valence-electron chi connectivity index (χ3n) is 4.43. The number of unbranched alkanes of at least 4 members (excludes halogenated alkanes) is 1. The van der Waals surface area contributed by atoms with Gasteiger partial charge in [-0.3, -0.25) is 0 Å². The molecule has 3 aromatic rings. The highest BCUT2D eigenvalue weighted by Crippen LogP contribution is 2.27. The van der Waals surface area contributed by atoms with Crippen molar-refractivity contribution in [3.8, 4) is 28.0 Å². The van der Waals surface area contributed by atoms with Crippen LogP contribution in [0.25, 0.3) is 28.3 Å². The Morgan fingerprint density at radius 1 is 0.964 bits per heavy atom. The number of benzene rings is 2. The molecule has 1 atom stereocenters. The van der Waals surface area contributed by atoms with Crippen molar-refractivity contribution in [3.63, 3.8) is 0 Å². The summed E-state index contributed by atoms with van der Waals surface area (Å²) in [7, 11) is 0. The number of halogens is 1. The highest BCUT2D eigenvalue weighted by Gasteiger charge is 2.05. The van der Waals surface area contributed by atoms with Crippen molar-refractivity contribution >= 4 is 6.08 Å². The Kier molecular flexibility index (Phi) is 6.50. The molecule has 4 nitrogen and oxygen atoms in total. The van der Waals surface area contributed by atoms with Gasteiger partial charge >= 0.3 is 0 Å². The minimum Gasteiger partial charge on any atom is -0.505 e. The topological polar surface area (TPSA) is 66.2 Å². The van der Waals surface area contributed by atoms with Crippen molar-refractivity contribution in [2.75, 3.05) is 0 Å². The SMILES string of the molecule is CC(O)CCC/C=C/c1ncc(-c2ccc(-c3ccc(O)c(F)c3)cc2)cn1. The predicted octanol–water partition coefficient (Wildman–Crippen LogP) is 5.22. The summed E-state index contributed by atoms with van der Waals surface area (Å²) in [6.45, 7) is 1.79. The van der Waals surface area contributed by atoms with Gasteiger partial charge in [-0.15, -0.1) is 0 Å². The van der Waals surface area contributed by atoms with Crippen LogP contribution in [0.2, 0.25) is 0 Å². The van der Waals surface area contributed by atoms with E-state index < -0.39 is 5.82 Å². The van der Waals surface area contributed by atoms with Gasteiger partial charge in [0.15, 0.2) is 17.4 Å². The normalized spacial score (nSPS) is 12.4. The van der Waals surface area contributed by atoms with Gasteiger partial charge in [-0.05, 0) is 61.1 Å². The van der Waals surface area contributed by atoms with Crippen LogP contribution in [0, 0.1) is 5.82 Å². The standard InChI is InChI=1S/C23H23FN2O2/c1-16(27)5-3-2-4-6-23-25-14-20(15-26-23)18-9-7-17(8-10-18)19-11-12-22(28)21(24)13-19/h4,6-16,27-28H,2-3,5H2,1H3/b6-4+. The molecule has 0 aliphatic rings. The van der Waals surface area contributed by atoms with Gasteiger partial charge in [0.25, 0.3) is 0 Å². The molecule has 0 spiro atoms. The number of hydrogen-bond acceptors (Lipinski definition) is 4. The number of aromatic hydroxyl groups is 1. The summed E-state index contributed by atoms with van der Waals surface area (Å²) in [4.78, 5) is 8.73. The van der Waals surface area contributed by atoms with Crippen molar-refractivity contribution < 1.29 is 14.6 Å². The van der Waals surface area contributed by atoms with Crippen LogP contribution in [-0.4, -0.2) is 26.3 Å². The maximum atomic E-state index is 13.5. The van der Waals surface area contributed by atoms with Crippen LogP contribution in [0.3, 0.4) is 0 Å². The summed E-state index contributed by atoms with van der Waals surface area (Å²) in [5.41, 5.74) is 3.43. The van der Waals surface area contributed by atoms with E-state index in [1.807, 2.05) is 36.4 Å². The van der Waals surface area contributed by atoms with Crippen molar-refractivity contribution in [3.05, 3.63) is 72.6 Å². The Hall–Kier alpha value is -3.05. The molecule has 1 unspecified atom stereocenters. The lowest BCUT2D eigenvalue weighted by Crippen LogP contribution is -1.97. The number of allylic oxidation sites excluding steroid dienone is 1. The number of hydrogen-bond donors (Lipinski definition) is 2. The lowest BCUT2D eigenvalue weighted by Gasteiger charge is -2.06. The zero-order chi connectivity index (χ0) is 19.9. The van der Waals surface area contributed by atoms with Gasteiger partial charge in [0, 0.05) is 18.0 Å². The number of phenols is 1. The highest BCUT2D eigenvalue weighted by atomic mass is 19.1. The van der Waals surface area contributed by atoms with E-state index in [4.69, 9.17) is 0 Å². The van der Waals surface area contributed by atoms with E-state index in [9.17, 15) is 14.6 Å². The van der Waals surface area contributed by atoms with Crippen LogP contribution in [-0.2, 0) is 0 Å². The zero-order valence-electron chi connectivity index (χ0n) is 15.7. The highest BCUT2D eigenvalue weighted by molar-refractivity contribution is 5.70. The van der Waals surface area contributed by atoms with Crippen molar-refractivity contribution in [2.45, 2.75) is 32.3 Å². The molecule has 144 valence electrons. The first-order chi connectivity index (χ1) is 13.5. The average Bonchev–Trinajstić information content (AvgIpc) is 2.70. The molecular formula is C23H23FN2O2. The summed E-state index contributed by atoms with van der Waals surface area (Å²) in [5.74, 6) is -0.337. The first kappa shape index (κ1) is 19.7. The van der Waals surface area contributed by atoms with Crippen molar-refractivity contribution in [2.24, 2.45) is 0 Å². The molecule has 0 saturated carbocycles. The van der Waals surface area contributed by atoms with E-state index in [1.54, 1.807) is 25.4 Å². The fraction of sp³-hybridized carbons (Fsp3) is 0.217. The van der Waals surface area contributed by atoms with Gasteiger partial charge in [-0.2, -0.15) is 0 Å². The predicted molar refractivity (Wildman–Crippen MR) is 109 cm³/mol. The molecular weight excluding hydrogens is 355 g/mol. The van der Waals surface area contributed by atoms with Crippen LogP contribution >= 0.6 is 0 Å². The lowest BCUT2D eigenvalue weighted by molar-refractivity contribution is 0.182. The van der Waals surface area contributed by atoms with Crippen molar-refractivity contribution in [1.29, 1.82) is 0 Å². The van der Waals surface area contributed by atoms with Crippen LogP contribution in [0.5, 0.6) is 5.75 Å². The fourth-order valence-electron chi connectivity index (χ4n) is 2.83. The summed E-state index contributed by atoms with van der Waals surface area (Å²) in [5, 5.41) is 18.5. The number of rotatable bonds is 7. The second kappa shape index (κ2) is 9.24. The molecule has 2 aromatic carbocycles. The number of aliphatic hydroxyl groups is 1. The minimum absolute atomic E-state index is 0.261. The molecule has 0 saturated heterocycles. The van der Waals surface area contributed by atoms with Gasteiger partial charge < -0.3 is 10.2 Å². The Morgan fingerprint density at radius 3 is 2.18 bits per heavy atom. The average molecular weight is 378 g/mol. The van der Waals surface area contributed by atoms with Crippen LogP contribution in [0.1, 0.15) is 32.0 Å². The number of nitrogens with zero attached hydrogens (tertiary/aromatic N) is 2. The van der Waals surface area contributed by atoms with Gasteiger partial charge in [0.05, 0.1) is 6.10 Å². The van der Waals surface area contributed by atoms with Crippen LogP contribution in [0.15, 0.2) is 60.9 Å². The second-order valence-electron chi connectivity index (χ2n) is 6.76. The number of phenolic OH excluding ortho intramolecular Hbond substituents is 1. The first-order valence-corrected chi connectivity index (χ1v) is 9.29. The summed E-state index contributed by atoms with van der Waals surface area (Å²) < 4.78 is 13.5. The van der Waals surface area contributed by atoms with Gasteiger partial charge in [0.2, 0.25) is 0 Å². The molecule has 0 aliphatic carbocycles. The third kappa shape index (κ3) is 5.24. The van der Waals surface area contributed by atoms with Gasteiger partial charge in [-0.25, -0.2) is 14.4 Å². The fourth-order valence-corrected chi connectivity index (χ4v) is 2.83. The Balaban J connectivity index is 1.65. The Morgan fingerprint density at radius 2 is 1.57 bits per heavy atom. The smallest absolute Gasteiger partial charge is 0.165 e. The van der Waals surface area contributed by atoms with Crippen LogP contribution < -0.4 is 0 Å². The van der Waals surface area contributed by atoms with Gasteiger partial charge in [-0.1, -0.05) is 36.4 Å². The largest absolute Gasteiger partial charge is 0.505 e. The third-order valence-corrected chi connectivity index (χ3v) is 4.43. The van der Waals surface area contributed by atoms with E-state index in [-0.39, 0.29) is 11.9 Å². The van der Waals surface area contributed by atoms with E-state index in [0.717, 1.165) is 36.0 Å². The molecule has 1 aromatic heterocycles. The quantitative estimate of drug-likeness (QED) is 0.553. The molecule has 5 heteroatoms. The van der Waals surface area contributed by atoms with E-state index in [2.05, 4.69) is 9.97 Å². The Bertz CT molecular complexity index is 936. The summed E-state index contributed by atoms with van der Waals surface area (Å²) in [6.07, 6.45) is 9.80. The molecule has 2 N–H and O–H groups in total. The zero-order valence-corrected chi connectivity index (χ0v) is 15.7. The number of aliphatic hydroxyl groups excluding tert-OH is 1. The van der Waals surface area contributed by atoms with Gasteiger partial charge in [0.1, 0.15) is 0 Å². The monoisotopic (exact) mass is 378 g/mol. The molecule has 0 radical (unpaired) electrons. The maximum absolute atomic E-state index is 13.5. The molecule has 3 rings (SSSR count). The van der Waals surface area contributed by atoms with E-state index in [0.29, 0.717) is 11.4 Å². The summed E-state index contributed by atoms with van der Waals surface area (Å²) in [6, 6.07) is 12.0. The van der Waals surface area contributed by atoms with Crippen LogP contribution in [0.4, 0.5) is 4.39 Å². The molecule has 28 heavy (non-hydrogen) atoms. The van der Waals surface area contributed by atoms with E-state index >= 15 is 0 Å². The second-order valence-corrected chi connectivity index (χ2v) is 6.76. The molecule has 0 amide bonds. The summed E-state index contributed by atoms with van der Waals surface area (Å²) >= 11 is 0. The molecule has 0 fully saturated rings. The molecule has 1 heterocycles. The maximum Gasteiger partial charge on any atom is 0.165 e. The minimum atomic E-state index is -0.635. The Labute approximate surface area is 164 Å².